The third-order valence-electron chi connectivity index (χ3n) is 3.78. The molecule has 4 aromatic rings. The summed E-state index contributed by atoms with van der Waals surface area (Å²) < 4.78 is 3.89. The van der Waals surface area contributed by atoms with Crippen LogP contribution in [0.1, 0.15) is 11.1 Å². The summed E-state index contributed by atoms with van der Waals surface area (Å²) in [5.74, 6) is 0.794. The van der Waals surface area contributed by atoms with E-state index in [1.807, 2.05) is 54.7 Å². The van der Waals surface area contributed by atoms with Crippen LogP contribution in [-0.2, 0) is 5.75 Å². The molecule has 0 aliphatic carbocycles. The molecule has 2 aromatic heterocycles. The molecule has 27 heavy (non-hydrogen) atoms. The summed E-state index contributed by atoms with van der Waals surface area (Å²) in [6.07, 6.45) is 5.40. The van der Waals surface area contributed by atoms with Gasteiger partial charge in [-0.15, -0.1) is 5.10 Å². The van der Waals surface area contributed by atoms with E-state index in [2.05, 4.69) is 32.5 Å². The number of nitrogens with one attached hydrogen (secondary N) is 1. The number of hydrogen-bond donors (Lipinski definition) is 1. The Hall–Kier alpha value is -2.97. The van der Waals surface area contributed by atoms with Crippen molar-refractivity contribution in [1.82, 2.24) is 24.7 Å². The normalized spacial score (nSPS) is 11.3. The first-order chi connectivity index (χ1) is 13.3. The molecule has 0 aliphatic heterocycles. The van der Waals surface area contributed by atoms with Gasteiger partial charge in [-0.25, -0.2) is 9.78 Å². The van der Waals surface area contributed by atoms with Gasteiger partial charge in [-0.05, 0) is 29.9 Å². The maximum Gasteiger partial charge on any atom is 0.217 e. The predicted octanol–water partition coefficient (Wildman–Crippen LogP) is 4.30. The van der Waals surface area contributed by atoms with Crippen molar-refractivity contribution in [3.05, 3.63) is 89.0 Å². The Morgan fingerprint density at radius 3 is 2.59 bits per heavy atom. The monoisotopic (exact) mass is 392 g/mol. The van der Waals surface area contributed by atoms with Crippen molar-refractivity contribution < 1.29 is 0 Å². The summed E-state index contributed by atoms with van der Waals surface area (Å²) in [4.78, 5) is 0. The lowest BCUT2D eigenvalue weighted by atomic mass is 10.2. The molecule has 0 spiro atoms. The minimum atomic E-state index is 0.456. The van der Waals surface area contributed by atoms with Gasteiger partial charge in [-0.2, -0.15) is 14.9 Å². The number of rotatable bonds is 6. The third kappa shape index (κ3) is 4.24. The summed E-state index contributed by atoms with van der Waals surface area (Å²) in [5, 5.41) is 16.6. The molecule has 0 atom stereocenters. The maximum absolute atomic E-state index is 5.30. The van der Waals surface area contributed by atoms with Crippen LogP contribution in [0.2, 0.25) is 0 Å². The van der Waals surface area contributed by atoms with Crippen molar-refractivity contribution in [2.75, 3.05) is 0 Å². The van der Waals surface area contributed by atoms with E-state index in [4.69, 9.17) is 12.2 Å². The Morgan fingerprint density at radius 2 is 1.81 bits per heavy atom. The second kappa shape index (κ2) is 8.15. The van der Waals surface area contributed by atoms with E-state index >= 15 is 0 Å². The Bertz CT molecular complexity index is 1100. The van der Waals surface area contributed by atoms with Crippen LogP contribution in [0.15, 0.2) is 83.3 Å². The molecule has 0 saturated carbocycles. The standard InChI is InChI=1S/C19H16N6S2/c26-18-22-23-19(27-14-15-7-3-1-4-8-15)25(18)21-12-16-11-20-24(13-16)17-9-5-2-6-10-17/h1-13H,14H2,(H,22,26)/b21-12-. The number of aromatic amines is 1. The SMILES string of the molecule is S=c1[nH]nc(SCc2ccccc2)n1/N=C\c1cnn(-c2ccccc2)c1. The van der Waals surface area contributed by atoms with Crippen LogP contribution in [0.3, 0.4) is 0 Å². The molecule has 2 aromatic carbocycles. The number of aromatic nitrogens is 5. The summed E-state index contributed by atoms with van der Waals surface area (Å²) in [6, 6.07) is 20.1. The fourth-order valence-electron chi connectivity index (χ4n) is 2.44. The first-order valence-electron chi connectivity index (χ1n) is 8.28. The second-order valence-corrected chi connectivity index (χ2v) is 7.02. The van der Waals surface area contributed by atoms with Gasteiger partial charge in [-0.1, -0.05) is 60.3 Å². The van der Waals surface area contributed by atoms with E-state index in [0.717, 1.165) is 22.2 Å². The highest BCUT2D eigenvalue weighted by molar-refractivity contribution is 7.98. The smallest absolute Gasteiger partial charge is 0.217 e. The second-order valence-electron chi connectivity index (χ2n) is 5.70. The molecular weight excluding hydrogens is 376 g/mol. The highest BCUT2D eigenvalue weighted by atomic mass is 32.2. The Balaban J connectivity index is 1.50. The molecule has 2 heterocycles. The lowest BCUT2D eigenvalue weighted by Crippen LogP contribution is -1.94. The first kappa shape index (κ1) is 17.4. The van der Waals surface area contributed by atoms with Gasteiger partial charge in [0.25, 0.3) is 0 Å². The fourth-order valence-corrected chi connectivity index (χ4v) is 3.54. The van der Waals surface area contributed by atoms with Crippen molar-refractivity contribution in [2.45, 2.75) is 10.9 Å². The highest BCUT2D eigenvalue weighted by Gasteiger charge is 2.06. The zero-order valence-electron chi connectivity index (χ0n) is 14.3. The minimum Gasteiger partial charge on any atom is -0.249 e. The highest BCUT2D eigenvalue weighted by Crippen LogP contribution is 2.20. The molecule has 1 N–H and O–H groups in total. The van der Waals surface area contributed by atoms with E-state index in [9.17, 15) is 0 Å². The number of benzene rings is 2. The third-order valence-corrected chi connectivity index (χ3v) is 5.04. The van der Waals surface area contributed by atoms with Crippen LogP contribution in [0, 0.1) is 4.77 Å². The average Bonchev–Trinajstić information content (AvgIpc) is 3.33. The zero-order valence-corrected chi connectivity index (χ0v) is 15.9. The summed E-state index contributed by atoms with van der Waals surface area (Å²) >= 11 is 6.88. The van der Waals surface area contributed by atoms with Crippen molar-refractivity contribution in [3.8, 4) is 5.69 Å². The first-order valence-corrected chi connectivity index (χ1v) is 9.67. The summed E-state index contributed by atoms with van der Waals surface area (Å²) in [5.41, 5.74) is 3.09. The molecule has 0 bridgehead atoms. The number of nitrogens with zero attached hydrogens (tertiary/aromatic N) is 5. The van der Waals surface area contributed by atoms with Crippen molar-refractivity contribution in [1.29, 1.82) is 0 Å². The Labute approximate surface area is 165 Å². The maximum atomic E-state index is 5.30. The van der Waals surface area contributed by atoms with E-state index in [1.165, 1.54) is 5.56 Å². The van der Waals surface area contributed by atoms with Crippen LogP contribution in [-0.4, -0.2) is 30.9 Å². The van der Waals surface area contributed by atoms with E-state index in [0.29, 0.717) is 4.77 Å². The van der Waals surface area contributed by atoms with Gasteiger partial charge in [0.05, 0.1) is 18.1 Å². The molecule has 0 radical (unpaired) electrons. The van der Waals surface area contributed by atoms with Gasteiger partial charge in [0.15, 0.2) is 0 Å². The molecule has 0 aliphatic rings. The quantitative estimate of drug-likeness (QED) is 0.302. The molecule has 0 fully saturated rings. The van der Waals surface area contributed by atoms with Gasteiger partial charge in [0.1, 0.15) is 0 Å². The van der Waals surface area contributed by atoms with Gasteiger partial charge < -0.3 is 0 Å². The Morgan fingerprint density at radius 1 is 1.07 bits per heavy atom. The molecular formula is C19H16N6S2. The molecule has 6 nitrogen and oxygen atoms in total. The van der Waals surface area contributed by atoms with E-state index in [1.54, 1.807) is 33.5 Å². The van der Waals surface area contributed by atoms with Crippen LogP contribution < -0.4 is 0 Å². The number of thioether (sulfide) groups is 1. The van der Waals surface area contributed by atoms with Crippen LogP contribution in [0.25, 0.3) is 5.69 Å². The van der Waals surface area contributed by atoms with Crippen LogP contribution in [0.4, 0.5) is 0 Å². The summed E-state index contributed by atoms with van der Waals surface area (Å²) in [6.45, 7) is 0. The molecule has 0 unspecified atom stereocenters. The zero-order chi connectivity index (χ0) is 18.5. The lowest BCUT2D eigenvalue weighted by molar-refractivity contribution is 0.759. The van der Waals surface area contributed by atoms with Gasteiger partial charge >= 0.3 is 0 Å². The number of hydrogen-bond acceptors (Lipinski definition) is 5. The molecule has 8 heteroatoms. The molecule has 0 amide bonds. The van der Waals surface area contributed by atoms with Gasteiger partial charge in [0, 0.05) is 17.5 Å². The molecule has 134 valence electrons. The van der Waals surface area contributed by atoms with E-state index in [-0.39, 0.29) is 0 Å². The molecule has 4 rings (SSSR count). The topological polar surface area (TPSA) is 63.8 Å². The largest absolute Gasteiger partial charge is 0.249 e. The fraction of sp³-hybridized carbons (Fsp3) is 0.0526. The minimum absolute atomic E-state index is 0.456. The Kier molecular flexibility index (Phi) is 5.27. The van der Waals surface area contributed by atoms with Crippen LogP contribution in [0.5, 0.6) is 0 Å². The lowest BCUT2D eigenvalue weighted by Gasteiger charge is -2.01. The average molecular weight is 393 g/mol. The van der Waals surface area contributed by atoms with Gasteiger partial charge in [0.2, 0.25) is 9.93 Å². The predicted molar refractivity (Wildman–Crippen MR) is 110 cm³/mol. The number of H-pyrrole nitrogens is 1. The molecule has 0 saturated heterocycles. The van der Waals surface area contributed by atoms with Gasteiger partial charge in [-0.3, -0.25) is 0 Å². The summed E-state index contributed by atoms with van der Waals surface area (Å²) in [7, 11) is 0. The van der Waals surface area contributed by atoms with Crippen molar-refractivity contribution in [2.24, 2.45) is 5.10 Å². The number of para-hydroxylation sites is 1. The van der Waals surface area contributed by atoms with E-state index < -0.39 is 0 Å². The van der Waals surface area contributed by atoms with Crippen molar-refractivity contribution in [3.63, 3.8) is 0 Å². The van der Waals surface area contributed by atoms with Crippen LogP contribution >= 0.6 is 24.0 Å². The van der Waals surface area contributed by atoms with Crippen molar-refractivity contribution >= 4 is 30.2 Å².